The minimum Gasteiger partial charge on any atom is -0.293 e. The van der Waals surface area contributed by atoms with E-state index in [1.54, 1.807) is 42.5 Å². The second-order valence-electron chi connectivity index (χ2n) is 4.38. The van der Waals surface area contributed by atoms with Crippen molar-refractivity contribution in [2.24, 2.45) is 0 Å². The molecule has 4 heteroatoms. The van der Waals surface area contributed by atoms with Crippen molar-refractivity contribution in [3.05, 3.63) is 68.7 Å². The summed E-state index contributed by atoms with van der Waals surface area (Å²) < 4.78 is 0.684. The van der Waals surface area contributed by atoms with E-state index in [0.29, 0.717) is 26.2 Å². The minimum atomic E-state index is -0.744. The van der Waals surface area contributed by atoms with E-state index < -0.39 is 5.92 Å². The number of benzene rings is 2. The van der Waals surface area contributed by atoms with Gasteiger partial charge in [0, 0.05) is 15.6 Å². The zero-order chi connectivity index (χ0) is 13.6. The predicted molar refractivity (Wildman–Crippen MR) is 77.0 cm³/mol. The van der Waals surface area contributed by atoms with E-state index in [-0.39, 0.29) is 11.6 Å². The molecule has 0 spiro atoms. The van der Waals surface area contributed by atoms with Gasteiger partial charge in [-0.15, -0.1) is 0 Å². The van der Waals surface area contributed by atoms with Gasteiger partial charge in [-0.05, 0) is 33.6 Å². The molecule has 0 radical (unpaired) electrons. The topological polar surface area (TPSA) is 34.1 Å². The number of carbonyl (C=O) groups excluding carboxylic acids is 2. The van der Waals surface area contributed by atoms with Crippen molar-refractivity contribution in [3.63, 3.8) is 0 Å². The molecule has 0 bridgehead atoms. The van der Waals surface area contributed by atoms with Gasteiger partial charge in [0.05, 0.1) is 5.02 Å². The van der Waals surface area contributed by atoms with Gasteiger partial charge in [0.15, 0.2) is 11.6 Å². The van der Waals surface area contributed by atoms with Crippen molar-refractivity contribution >= 4 is 39.1 Å². The Kier molecular flexibility index (Phi) is 3.03. The number of fused-ring (bicyclic) bond motifs is 1. The summed E-state index contributed by atoms with van der Waals surface area (Å²) in [6.45, 7) is 0. The Balaban J connectivity index is 2.11. The van der Waals surface area contributed by atoms with Crippen molar-refractivity contribution in [1.29, 1.82) is 0 Å². The Morgan fingerprint density at radius 3 is 2.05 bits per heavy atom. The first-order valence-corrected chi connectivity index (χ1v) is 6.89. The van der Waals surface area contributed by atoms with Gasteiger partial charge in [-0.2, -0.15) is 0 Å². The van der Waals surface area contributed by atoms with E-state index in [0.717, 1.165) is 0 Å². The van der Waals surface area contributed by atoms with Gasteiger partial charge >= 0.3 is 0 Å². The highest BCUT2D eigenvalue weighted by atomic mass is 79.9. The molecule has 2 nitrogen and oxygen atoms in total. The van der Waals surface area contributed by atoms with Crippen molar-refractivity contribution in [2.75, 3.05) is 0 Å². The lowest BCUT2D eigenvalue weighted by Gasteiger charge is -2.08. The molecule has 3 rings (SSSR count). The van der Waals surface area contributed by atoms with Crippen molar-refractivity contribution in [2.45, 2.75) is 5.92 Å². The van der Waals surface area contributed by atoms with E-state index in [1.807, 2.05) is 0 Å². The maximum absolute atomic E-state index is 12.3. The first-order chi connectivity index (χ1) is 9.09. The van der Waals surface area contributed by atoms with Gasteiger partial charge in [0.25, 0.3) is 0 Å². The SMILES string of the molecule is O=C1c2ccccc2C(=O)C1c1ccc(Cl)c(Br)c1. The first-order valence-electron chi connectivity index (χ1n) is 5.72. The fourth-order valence-electron chi connectivity index (χ4n) is 2.34. The number of hydrogen-bond acceptors (Lipinski definition) is 2. The van der Waals surface area contributed by atoms with Crippen LogP contribution in [0.2, 0.25) is 5.02 Å². The molecule has 94 valence electrons. The summed E-state index contributed by atoms with van der Waals surface area (Å²) in [6, 6.07) is 12.1. The molecule has 2 aromatic carbocycles. The summed E-state index contributed by atoms with van der Waals surface area (Å²) in [4.78, 5) is 24.7. The molecule has 1 aliphatic rings. The standard InChI is InChI=1S/C15H8BrClO2/c16-11-7-8(5-6-12(11)17)13-14(18)9-3-1-2-4-10(9)15(13)19/h1-7,13H. The molecule has 0 aliphatic heterocycles. The number of ketones is 2. The van der Waals surface area contributed by atoms with Crippen molar-refractivity contribution in [1.82, 2.24) is 0 Å². The molecule has 2 aromatic rings. The predicted octanol–water partition coefficient (Wildman–Crippen LogP) is 4.27. The Morgan fingerprint density at radius 2 is 1.53 bits per heavy atom. The van der Waals surface area contributed by atoms with Crippen LogP contribution in [0.5, 0.6) is 0 Å². The third kappa shape index (κ3) is 1.94. The van der Waals surface area contributed by atoms with Gasteiger partial charge < -0.3 is 0 Å². The first kappa shape index (κ1) is 12.6. The third-order valence-corrected chi connectivity index (χ3v) is 4.47. The molecule has 0 unspecified atom stereocenters. The van der Waals surface area contributed by atoms with Gasteiger partial charge in [0.2, 0.25) is 0 Å². The molecule has 0 fully saturated rings. The van der Waals surface area contributed by atoms with Crippen molar-refractivity contribution < 1.29 is 9.59 Å². The van der Waals surface area contributed by atoms with Gasteiger partial charge in [-0.25, -0.2) is 0 Å². The van der Waals surface area contributed by atoms with Gasteiger partial charge in [0.1, 0.15) is 5.92 Å². The van der Waals surface area contributed by atoms with Crippen LogP contribution in [-0.4, -0.2) is 11.6 Å². The molecule has 0 saturated carbocycles. The average molecular weight is 336 g/mol. The summed E-state index contributed by atoms with van der Waals surface area (Å²) in [5.41, 5.74) is 1.68. The average Bonchev–Trinajstić information content (AvgIpc) is 2.66. The number of hydrogen-bond donors (Lipinski definition) is 0. The lowest BCUT2D eigenvalue weighted by atomic mass is 9.94. The highest BCUT2D eigenvalue weighted by Crippen LogP contribution is 2.36. The minimum absolute atomic E-state index is 0.144. The second-order valence-corrected chi connectivity index (χ2v) is 5.64. The number of rotatable bonds is 1. The van der Waals surface area contributed by atoms with Crippen LogP contribution in [0.3, 0.4) is 0 Å². The Morgan fingerprint density at radius 1 is 0.947 bits per heavy atom. The third-order valence-electron chi connectivity index (χ3n) is 3.26. The molecule has 1 aliphatic carbocycles. The molecule has 0 aromatic heterocycles. The maximum atomic E-state index is 12.3. The molecule has 0 N–H and O–H groups in total. The highest BCUT2D eigenvalue weighted by molar-refractivity contribution is 9.10. The Bertz CT molecular complexity index is 674. The van der Waals surface area contributed by atoms with Gasteiger partial charge in [-0.3, -0.25) is 9.59 Å². The lowest BCUT2D eigenvalue weighted by Crippen LogP contribution is -2.12. The molecule has 19 heavy (non-hydrogen) atoms. The van der Waals surface area contributed by atoms with Gasteiger partial charge in [-0.1, -0.05) is 41.9 Å². The molecule has 0 amide bonds. The molecule has 0 saturated heterocycles. The zero-order valence-corrected chi connectivity index (χ0v) is 12.0. The maximum Gasteiger partial charge on any atom is 0.178 e. The Labute approximate surface area is 123 Å². The normalized spacial score (nSPS) is 14.8. The largest absolute Gasteiger partial charge is 0.293 e. The number of halogens is 2. The van der Waals surface area contributed by atoms with Crippen LogP contribution in [-0.2, 0) is 0 Å². The zero-order valence-electron chi connectivity index (χ0n) is 9.69. The molecular weight excluding hydrogens is 328 g/mol. The quantitative estimate of drug-likeness (QED) is 0.730. The van der Waals surface area contributed by atoms with Crippen LogP contribution >= 0.6 is 27.5 Å². The highest BCUT2D eigenvalue weighted by Gasteiger charge is 2.39. The van der Waals surface area contributed by atoms with E-state index in [9.17, 15) is 9.59 Å². The smallest absolute Gasteiger partial charge is 0.178 e. The van der Waals surface area contributed by atoms with E-state index in [2.05, 4.69) is 15.9 Å². The molecule has 0 atom stereocenters. The number of Topliss-reactive ketones (excluding diaryl/α,β-unsaturated/α-hetero) is 2. The lowest BCUT2D eigenvalue weighted by molar-refractivity contribution is 0.0890. The van der Waals surface area contributed by atoms with E-state index in [4.69, 9.17) is 11.6 Å². The molecule has 0 heterocycles. The monoisotopic (exact) mass is 334 g/mol. The van der Waals surface area contributed by atoms with Crippen LogP contribution in [0, 0.1) is 0 Å². The van der Waals surface area contributed by atoms with Crippen LogP contribution in [0.1, 0.15) is 32.2 Å². The summed E-state index contributed by atoms with van der Waals surface area (Å²) in [5, 5.41) is 0.555. The molecular formula is C15H8BrClO2. The van der Waals surface area contributed by atoms with Crippen molar-refractivity contribution in [3.8, 4) is 0 Å². The fourth-order valence-corrected chi connectivity index (χ4v) is 2.85. The second kappa shape index (κ2) is 4.58. The Hall–Kier alpha value is -1.45. The number of carbonyl (C=O) groups is 2. The summed E-state index contributed by atoms with van der Waals surface area (Å²) in [7, 11) is 0. The van der Waals surface area contributed by atoms with Crippen LogP contribution in [0.25, 0.3) is 0 Å². The van der Waals surface area contributed by atoms with E-state index in [1.165, 1.54) is 0 Å². The van der Waals surface area contributed by atoms with Crippen LogP contribution in [0.4, 0.5) is 0 Å². The van der Waals surface area contributed by atoms with Crippen LogP contribution < -0.4 is 0 Å². The fraction of sp³-hybridized carbons (Fsp3) is 0.0667. The summed E-state index contributed by atoms with van der Waals surface area (Å²) in [5.74, 6) is -1.03. The van der Waals surface area contributed by atoms with E-state index >= 15 is 0 Å². The summed E-state index contributed by atoms with van der Waals surface area (Å²) >= 11 is 9.25. The van der Waals surface area contributed by atoms with Crippen LogP contribution in [0.15, 0.2) is 46.9 Å². The summed E-state index contributed by atoms with van der Waals surface area (Å²) in [6.07, 6.45) is 0.